The predicted octanol–water partition coefficient (Wildman–Crippen LogP) is 3.12. The van der Waals surface area contributed by atoms with Crippen LogP contribution in [-0.2, 0) is 34.9 Å². The fourth-order valence-corrected chi connectivity index (χ4v) is 2.55. The molecule has 1 N–H and O–H groups in total. The van der Waals surface area contributed by atoms with Gasteiger partial charge in [-0.2, -0.15) is 0 Å². The number of ether oxygens (including phenoxy) is 5. The number of hydrogen-bond donors (Lipinski definition) is 1. The van der Waals surface area contributed by atoms with Crippen LogP contribution in [0.25, 0.3) is 0 Å². The molecule has 0 aliphatic carbocycles. The highest BCUT2D eigenvalue weighted by Gasteiger charge is 2.15. The maximum atomic E-state index is 11.5. The quantitative estimate of drug-likeness (QED) is 0.291. The van der Waals surface area contributed by atoms with Crippen LogP contribution in [0.5, 0.6) is 0 Å². The smallest absolute Gasteiger partial charge is 0.335 e. The van der Waals surface area contributed by atoms with Crippen LogP contribution in [0.3, 0.4) is 0 Å². The van der Waals surface area contributed by atoms with Gasteiger partial charge < -0.3 is 28.8 Å². The number of aryl methyl sites for hydroxylation is 1. The summed E-state index contributed by atoms with van der Waals surface area (Å²) in [5, 5.41) is 8.98. The first-order chi connectivity index (χ1) is 14.8. The van der Waals surface area contributed by atoms with Crippen LogP contribution in [0.4, 0.5) is 0 Å². The average molecular weight is 441 g/mol. The Kier molecular flexibility index (Phi) is 13.7. The van der Waals surface area contributed by atoms with Crippen molar-refractivity contribution in [3.05, 3.63) is 35.4 Å². The lowest BCUT2D eigenvalue weighted by Crippen LogP contribution is -2.24. The van der Waals surface area contributed by atoms with Crippen LogP contribution in [0.2, 0.25) is 0 Å². The summed E-state index contributed by atoms with van der Waals surface area (Å²) < 4.78 is 26.9. The van der Waals surface area contributed by atoms with Gasteiger partial charge in [-0.25, -0.2) is 4.79 Å². The molecule has 1 rings (SSSR count). The van der Waals surface area contributed by atoms with Crippen molar-refractivity contribution in [1.82, 2.24) is 0 Å². The molecule has 1 aromatic carbocycles. The van der Waals surface area contributed by atoms with Crippen LogP contribution in [0, 0.1) is 0 Å². The number of benzene rings is 1. The number of esters is 1. The SMILES string of the molecule is CC(C)(C)OC(=O)CCOCCOCCOCCOCCCc1cccc(C(=O)O)c1. The van der Waals surface area contributed by atoms with E-state index in [0.29, 0.717) is 58.4 Å². The van der Waals surface area contributed by atoms with E-state index in [-0.39, 0.29) is 12.4 Å². The molecule has 0 atom stereocenters. The van der Waals surface area contributed by atoms with Gasteiger partial charge in [0, 0.05) is 6.61 Å². The van der Waals surface area contributed by atoms with Crippen molar-refractivity contribution in [3.63, 3.8) is 0 Å². The van der Waals surface area contributed by atoms with E-state index < -0.39 is 11.6 Å². The minimum absolute atomic E-state index is 0.231. The van der Waals surface area contributed by atoms with Crippen molar-refractivity contribution in [2.75, 3.05) is 52.9 Å². The van der Waals surface area contributed by atoms with E-state index >= 15 is 0 Å². The third-order valence-corrected chi connectivity index (χ3v) is 3.91. The zero-order chi connectivity index (χ0) is 23.0. The lowest BCUT2D eigenvalue weighted by Gasteiger charge is -2.19. The highest BCUT2D eigenvalue weighted by Crippen LogP contribution is 2.08. The summed E-state index contributed by atoms with van der Waals surface area (Å²) in [5.74, 6) is -1.18. The number of carbonyl (C=O) groups is 2. The topological polar surface area (TPSA) is 101 Å². The summed E-state index contributed by atoms with van der Waals surface area (Å²) in [6.07, 6.45) is 1.82. The molecule has 8 heteroatoms. The Morgan fingerprint density at radius 1 is 0.839 bits per heavy atom. The Labute approximate surface area is 184 Å². The maximum Gasteiger partial charge on any atom is 0.335 e. The summed E-state index contributed by atoms with van der Waals surface area (Å²) in [7, 11) is 0. The Bertz CT molecular complexity index is 639. The summed E-state index contributed by atoms with van der Waals surface area (Å²) in [4.78, 5) is 22.4. The normalized spacial score (nSPS) is 11.5. The number of carbonyl (C=O) groups excluding carboxylic acids is 1. The Hall–Kier alpha value is -2.00. The monoisotopic (exact) mass is 440 g/mol. The minimum atomic E-state index is -0.912. The summed E-state index contributed by atoms with van der Waals surface area (Å²) in [5.41, 5.74) is 0.827. The maximum absolute atomic E-state index is 11.5. The molecule has 0 aliphatic heterocycles. The molecular weight excluding hydrogens is 404 g/mol. The molecule has 0 fully saturated rings. The molecule has 0 saturated heterocycles. The van der Waals surface area contributed by atoms with E-state index in [9.17, 15) is 9.59 Å². The average Bonchev–Trinajstić information content (AvgIpc) is 2.69. The molecule has 176 valence electrons. The summed E-state index contributed by atoms with van der Waals surface area (Å²) in [6, 6.07) is 6.95. The van der Waals surface area contributed by atoms with Gasteiger partial charge in [0.05, 0.1) is 58.2 Å². The zero-order valence-corrected chi connectivity index (χ0v) is 18.9. The van der Waals surface area contributed by atoms with Crippen LogP contribution >= 0.6 is 0 Å². The highest BCUT2D eigenvalue weighted by molar-refractivity contribution is 5.87. The summed E-state index contributed by atoms with van der Waals surface area (Å²) in [6.45, 7) is 9.21. The Morgan fingerprint density at radius 2 is 1.39 bits per heavy atom. The van der Waals surface area contributed by atoms with Crippen molar-refractivity contribution in [3.8, 4) is 0 Å². The van der Waals surface area contributed by atoms with Gasteiger partial charge in [-0.05, 0) is 51.3 Å². The van der Waals surface area contributed by atoms with Gasteiger partial charge in [-0.1, -0.05) is 12.1 Å². The van der Waals surface area contributed by atoms with Gasteiger partial charge in [0.2, 0.25) is 0 Å². The van der Waals surface area contributed by atoms with Gasteiger partial charge in [0.1, 0.15) is 5.60 Å². The van der Waals surface area contributed by atoms with E-state index in [2.05, 4.69) is 0 Å². The lowest BCUT2D eigenvalue weighted by atomic mass is 10.1. The number of carboxylic acid groups (broad SMARTS) is 1. The molecule has 0 unspecified atom stereocenters. The van der Waals surface area contributed by atoms with Gasteiger partial charge in [-0.3, -0.25) is 4.79 Å². The number of rotatable bonds is 17. The predicted molar refractivity (Wildman–Crippen MR) is 115 cm³/mol. The van der Waals surface area contributed by atoms with Crippen LogP contribution in [0.15, 0.2) is 24.3 Å². The minimum Gasteiger partial charge on any atom is -0.478 e. The fraction of sp³-hybridized carbons (Fsp3) is 0.652. The Balaban J connectivity index is 1.84. The van der Waals surface area contributed by atoms with Crippen molar-refractivity contribution in [2.24, 2.45) is 0 Å². The molecule has 0 saturated carbocycles. The van der Waals surface area contributed by atoms with Crippen molar-refractivity contribution >= 4 is 11.9 Å². The number of aromatic carboxylic acids is 1. The molecule has 0 heterocycles. The molecule has 0 radical (unpaired) electrons. The summed E-state index contributed by atoms with van der Waals surface area (Å²) >= 11 is 0. The van der Waals surface area contributed by atoms with Gasteiger partial charge in [0.25, 0.3) is 0 Å². The van der Waals surface area contributed by atoms with Gasteiger partial charge >= 0.3 is 11.9 Å². The molecule has 0 spiro atoms. The molecule has 1 aromatic rings. The Morgan fingerprint density at radius 3 is 1.94 bits per heavy atom. The van der Waals surface area contributed by atoms with Crippen molar-refractivity contribution in [2.45, 2.75) is 45.6 Å². The molecule has 8 nitrogen and oxygen atoms in total. The first kappa shape index (κ1) is 27.0. The van der Waals surface area contributed by atoms with Crippen molar-refractivity contribution in [1.29, 1.82) is 0 Å². The third kappa shape index (κ3) is 15.5. The molecule has 0 bridgehead atoms. The largest absolute Gasteiger partial charge is 0.478 e. The van der Waals surface area contributed by atoms with Crippen molar-refractivity contribution < 1.29 is 38.4 Å². The van der Waals surface area contributed by atoms with Crippen LogP contribution in [-0.4, -0.2) is 75.5 Å². The molecule has 0 aromatic heterocycles. The lowest BCUT2D eigenvalue weighted by molar-refractivity contribution is -0.156. The first-order valence-corrected chi connectivity index (χ1v) is 10.6. The standard InChI is InChI=1S/C23H36O8/c1-23(2,3)31-21(24)9-11-28-13-15-30-17-16-29-14-12-27-10-5-7-19-6-4-8-20(18-19)22(25)26/h4,6,8,18H,5,7,9-17H2,1-3H3,(H,25,26). The zero-order valence-electron chi connectivity index (χ0n) is 18.9. The van der Waals surface area contributed by atoms with Gasteiger partial charge in [0.15, 0.2) is 0 Å². The molecular formula is C23H36O8. The van der Waals surface area contributed by atoms with Gasteiger partial charge in [-0.15, -0.1) is 0 Å². The second-order valence-electron chi connectivity index (χ2n) is 7.90. The van der Waals surface area contributed by atoms with E-state index in [1.165, 1.54) is 0 Å². The molecule has 31 heavy (non-hydrogen) atoms. The number of hydrogen-bond acceptors (Lipinski definition) is 7. The molecule has 0 aliphatic rings. The first-order valence-electron chi connectivity index (χ1n) is 10.6. The number of carboxylic acids is 1. The second-order valence-corrected chi connectivity index (χ2v) is 7.90. The third-order valence-electron chi connectivity index (χ3n) is 3.91. The van der Waals surface area contributed by atoms with E-state index in [1.54, 1.807) is 18.2 Å². The van der Waals surface area contributed by atoms with E-state index in [1.807, 2.05) is 26.8 Å². The van der Waals surface area contributed by atoms with E-state index in [0.717, 1.165) is 18.4 Å². The second kappa shape index (κ2) is 15.8. The van der Waals surface area contributed by atoms with Crippen LogP contribution in [0.1, 0.15) is 49.5 Å². The molecule has 0 amide bonds. The van der Waals surface area contributed by atoms with Crippen LogP contribution < -0.4 is 0 Å². The highest BCUT2D eigenvalue weighted by atomic mass is 16.6. The van der Waals surface area contributed by atoms with E-state index in [4.69, 9.17) is 28.8 Å². The fourth-order valence-electron chi connectivity index (χ4n) is 2.55.